The van der Waals surface area contributed by atoms with Crippen LogP contribution in [0.5, 0.6) is 0 Å². The first-order valence-electron chi connectivity index (χ1n) is 9.53. The molecule has 1 aromatic rings. The quantitative estimate of drug-likeness (QED) is 0.913. The van der Waals surface area contributed by atoms with Crippen LogP contribution in [-0.4, -0.2) is 53.9 Å². The van der Waals surface area contributed by atoms with E-state index in [0.29, 0.717) is 37.9 Å². The molecule has 3 aliphatic rings. The lowest BCUT2D eigenvalue weighted by atomic mass is 9.95. The van der Waals surface area contributed by atoms with Gasteiger partial charge >= 0.3 is 0 Å². The fraction of sp³-hybridized carbons (Fsp3) is 0.684. The molecule has 1 spiro atoms. The van der Waals surface area contributed by atoms with Gasteiger partial charge in [0.15, 0.2) is 5.79 Å². The number of pyridine rings is 1. The van der Waals surface area contributed by atoms with Crippen LogP contribution in [0, 0.1) is 0 Å². The molecule has 25 heavy (non-hydrogen) atoms. The number of amides is 1. The number of anilines is 1. The van der Waals surface area contributed by atoms with Crippen LogP contribution in [0.3, 0.4) is 0 Å². The van der Waals surface area contributed by atoms with Gasteiger partial charge in [0.05, 0.1) is 24.5 Å². The maximum Gasteiger partial charge on any atom is 0.255 e. The molecule has 1 amide bonds. The van der Waals surface area contributed by atoms with Gasteiger partial charge < -0.3 is 19.7 Å². The molecule has 6 nitrogen and oxygen atoms in total. The molecule has 0 bridgehead atoms. The summed E-state index contributed by atoms with van der Waals surface area (Å²) in [6.07, 6.45) is 11.3. The number of likely N-dealkylation sites (tertiary alicyclic amines) is 1. The van der Waals surface area contributed by atoms with Gasteiger partial charge in [-0.2, -0.15) is 0 Å². The summed E-state index contributed by atoms with van der Waals surface area (Å²) in [5, 5.41) is 3.55. The maximum atomic E-state index is 12.8. The lowest BCUT2D eigenvalue weighted by Crippen LogP contribution is -2.47. The van der Waals surface area contributed by atoms with E-state index in [1.54, 1.807) is 6.20 Å². The highest BCUT2D eigenvalue weighted by Gasteiger charge is 2.40. The average molecular weight is 345 g/mol. The number of nitrogens with one attached hydrogen (secondary N) is 1. The highest BCUT2D eigenvalue weighted by molar-refractivity contribution is 5.94. The number of carbonyl (C=O) groups excluding carboxylic acids is 1. The molecule has 0 atom stereocenters. The van der Waals surface area contributed by atoms with E-state index in [9.17, 15) is 4.79 Å². The van der Waals surface area contributed by atoms with E-state index in [2.05, 4.69) is 10.3 Å². The zero-order valence-electron chi connectivity index (χ0n) is 14.7. The number of hydrogen-bond acceptors (Lipinski definition) is 5. The third-order valence-electron chi connectivity index (χ3n) is 5.59. The van der Waals surface area contributed by atoms with E-state index in [0.717, 1.165) is 18.5 Å². The van der Waals surface area contributed by atoms with Crippen LogP contribution in [-0.2, 0) is 9.47 Å². The maximum absolute atomic E-state index is 12.8. The smallest absolute Gasteiger partial charge is 0.255 e. The predicted molar refractivity (Wildman–Crippen MR) is 94.5 cm³/mol. The lowest BCUT2D eigenvalue weighted by Gasteiger charge is -2.37. The Morgan fingerprint density at radius 1 is 1.12 bits per heavy atom. The van der Waals surface area contributed by atoms with Crippen LogP contribution in [0.15, 0.2) is 18.5 Å². The minimum Gasteiger partial charge on any atom is -0.381 e. The molecule has 0 radical (unpaired) electrons. The molecule has 1 aliphatic carbocycles. The second kappa shape index (κ2) is 7.30. The monoisotopic (exact) mass is 345 g/mol. The fourth-order valence-electron chi connectivity index (χ4n) is 4.14. The number of piperidine rings is 1. The van der Waals surface area contributed by atoms with Crippen LogP contribution in [0.1, 0.15) is 55.3 Å². The van der Waals surface area contributed by atoms with Crippen molar-refractivity contribution in [1.29, 1.82) is 0 Å². The van der Waals surface area contributed by atoms with Crippen molar-refractivity contribution in [1.82, 2.24) is 9.88 Å². The third kappa shape index (κ3) is 3.80. The summed E-state index contributed by atoms with van der Waals surface area (Å²) < 4.78 is 11.5. The summed E-state index contributed by atoms with van der Waals surface area (Å²) in [6.45, 7) is 2.65. The van der Waals surface area contributed by atoms with Crippen LogP contribution in [0.4, 0.5) is 5.69 Å². The molecule has 2 saturated heterocycles. The van der Waals surface area contributed by atoms with Gasteiger partial charge in [0, 0.05) is 44.4 Å². The van der Waals surface area contributed by atoms with Crippen molar-refractivity contribution in [3.05, 3.63) is 24.0 Å². The molecule has 6 heteroatoms. The first-order chi connectivity index (χ1) is 12.2. The average Bonchev–Trinajstić information content (AvgIpc) is 3.11. The van der Waals surface area contributed by atoms with Crippen LogP contribution < -0.4 is 5.32 Å². The summed E-state index contributed by atoms with van der Waals surface area (Å²) in [7, 11) is 0. The van der Waals surface area contributed by atoms with Crippen molar-refractivity contribution < 1.29 is 14.3 Å². The van der Waals surface area contributed by atoms with E-state index < -0.39 is 5.79 Å². The van der Waals surface area contributed by atoms with Gasteiger partial charge in [-0.25, -0.2) is 0 Å². The Hall–Kier alpha value is -1.66. The van der Waals surface area contributed by atoms with Crippen LogP contribution in [0.2, 0.25) is 0 Å². The Balaban J connectivity index is 1.37. The number of aromatic nitrogens is 1. The summed E-state index contributed by atoms with van der Waals surface area (Å²) >= 11 is 0. The summed E-state index contributed by atoms with van der Waals surface area (Å²) in [5.41, 5.74) is 1.61. The summed E-state index contributed by atoms with van der Waals surface area (Å²) in [6, 6.07) is 2.45. The van der Waals surface area contributed by atoms with Crippen LogP contribution in [0.25, 0.3) is 0 Å². The third-order valence-corrected chi connectivity index (χ3v) is 5.59. The van der Waals surface area contributed by atoms with E-state index in [-0.39, 0.29) is 5.91 Å². The second-order valence-electron chi connectivity index (χ2n) is 7.34. The zero-order valence-corrected chi connectivity index (χ0v) is 14.7. The molecule has 1 saturated carbocycles. The van der Waals surface area contributed by atoms with Gasteiger partial charge in [0.2, 0.25) is 0 Å². The molecule has 3 heterocycles. The van der Waals surface area contributed by atoms with E-state index in [1.165, 1.54) is 32.1 Å². The minimum atomic E-state index is -0.445. The van der Waals surface area contributed by atoms with Crippen molar-refractivity contribution in [3.8, 4) is 0 Å². The Bertz CT molecular complexity index is 600. The number of nitrogens with zero attached hydrogens (tertiary/aromatic N) is 2. The summed E-state index contributed by atoms with van der Waals surface area (Å²) in [5.74, 6) is -0.396. The Labute approximate surface area is 148 Å². The largest absolute Gasteiger partial charge is 0.381 e. The Kier molecular flexibility index (Phi) is 4.90. The minimum absolute atomic E-state index is 0.0487. The number of rotatable bonds is 3. The molecule has 0 unspecified atom stereocenters. The van der Waals surface area contributed by atoms with Crippen molar-refractivity contribution in [2.75, 3.05) is 31.6 Å². The number of ether oxygens (including phenoxy) is 2. The molecule has 136 valence electrons. The molecule has 1 N–H and O–H groups in total. The Morgan fingerprint density at radius 2 is 1.84 bits per heavy atom. The molecule has 2 aliphatic heterocycles. The fourth-order valence-corrected chi connectivity index (χ4v) is 4.14. The molecule has 4 rings (SSSR count). The highest BCUT2D eigenvalue weighted by atomic mass is 16.7. The van der Waals surface area contributed by atoms with Gasteiger partial charge in [-0.15, -0.1) is 0 Å². The van der Waals surface area contributed by atoms with Crippen molar-refractivity contribution in [2.24, 2.45) is 0 Å². The summed E-state index contributed by atoms with van der Waals surface area (Å²) in [4.78, 5) is 19.0. The van der Waals surface area contributed by atoms with Gasteiger partial charge in [-0.05, 0) is 18.9 Å². The zero-order chi connectivity index (χ0) is 17.1. The van der Waals surface area contributed by atoms with Crippen molar-refractivity contribution in [3.63, 3.8) is 0 Å². The molecular formula is C19H27N3O3. The van der Waals surface area contributed by atoms with E-state index in [1.807, 2.05) is 17.2 Å². The highest BCUT2D eigenvalue weighted by Crippen LogP contribution is 2.32. The first kappa shape index (κ1) is 16.8. The molecule has 1 aromatic heterocycles. The van der Waals surface area contributed by atoms with Crippen molar-refractivity contribution >= 4 is 11.6 Å². The lowest BCUT2D eigenvalue weighted by molar-refractivity contribution is -0.181. The second-order valence-corrected chi connectivity index (χ2v) is 7.34. The van der Waals surface area contributed by atoms with Crippen molar-refractivity contribution in [2.45, 2.75) is 56.8 Å². The van der Waals surface area contributed by atoms with Crippen LogP contribution >= 0.6 is 0 Å². The molecule has 0 aromatic carbocycles. The number of hydrogen-bond donors (Lipinski definition) is 1. The molecule has 3 fully saturated rings. The predicted octanol–water partition coefficient (Wildman–Crippen LogP) is 2.81. The standard InChI is InChI=1S/C19H27N3O3/c23-18(22-8-6-19(7-9-22)24-10-11-25-19)15-12-17(14-20-13-15)21-16-4-2-1-3-5-16/h12-14,16,21H,1-11H2. The number of carbonyl (C=O) groups is 1. The first-order valence-corrected chi connectivity index (χ1v) is 9.53. The van der Waals surface area contributed by atoms with E-state index in [4.69, 9.17) is 9.47 Å². The van der Waals surface area contributed by atoms with Gasteiger partial charge in [-0.1, -0.05) is 19.3 Å². The van der Waals surface area contributed by atoms with E-state index >= 15 is 0 Å². The topological polar surface area (TPSA) is 63.7 Å². The van der Waals surface area contributed by atoms with Gasteiger partial charge in [0.1, 0.15) is 0 Å². The van der Waals surface area contributed by atoms with Gasteiger partial charge in [-0.3, -0.25) is 9.78 Å². The SMILES string of the molecule is O=C(c1cncc(NC2CCCCC2)c1)N1CCC2(CC1)OCCO2. The van der Waals surface area contributed by atoms with Gasteiger partial charge in [0.25, 0.3) is 5.91 Å². The Morgan fingerprint density at radius 3 is 2.56 bits per heavy atom. The molecular weight excluding hydrogens is 318 g/mol. The normalized spacial score (nSPS) is 23.8.